The van der Waals surface area contributed by atoms with Gasteiger partial charge in [0.15, 0.2) is 5.82 Å². The summed E-state index contributed by atoms with van der Waals surface area (Å²) in [5.41, 5.74) is 9.78. The second kappa shape index (κ2) is 11.7. The van der Waals surface area contributed by atoms with Crippen molar-refractivity contribution < 1.29 is 9.31 Å². The lowest BCUT2D eigenvalue weighted by Crippen LogP contribution is -2.41. The highest BCUT2D eigenvalue weighted by molar-refractivity contribution is 6.62. The standard InChI is InChI=1S/C40H37BN2O2/c1-39(2)40(3,4)45-41(44-39)35-22-20-30(21-23-35)36-27-37(43-38(42-36)31-18-12-7-13-19-31)34-25-32(28-14-8-5-9-15-28)24-33(26-34)29-16-10-6-11-17-29/h5,7-10,12-27H,6,11H2,1-4H3. The van der Waals surface area contributed by atoms with Crippen LogP contribution >= 0.6 is 0 Å². The lowest BCUT2D eigenvalue weighted by atomic mass is 9.79. The van der Waals surface area contributed by atoms with Crippen LogP contribution in [-0.4, -0.2) is 28.3 Å². The van der Waals surface area contributed by atoms with E-state index in [0.29, 0.717) is 5.82 Å². The van der Waals surface area contributed by atoms with Gasteiger partial charge in [-0.05, 0) is 92.5 Å². The maximum absolute atomic E-state index is 6.30. The molecule has 0 saturated carbocycles. The molecule has 1 saturated heterocycles. The third-order valence-electron chi connectivity index (χ3n) is 9.15. The maximum atomic E-state index is 6.30. The van der Waals surface area contributed by atoms with Gasteiger partial charge in [-0.2, -0.15) is 0 Å². The van der Waals surface area contributed by atoms with Gasteiger partial charge in [-0.25, -0.2) is 9.97 Å². The predicted octanol–water partition coefficient (Wildman–Crippen LogP) is 9.18. The highest BCUT2D eigenvalue weighted by atomic mass is 16.7. The van der Waals surface area contributed by atoms with Gasteiger partial charge in [-0.3, -0.25) is 0 Å². The Morgan fingerprint density at radius 3 is 1.76 bits per heavy atom. The van der Waals surface area contributed by atoms with Crippen molar-refractivity contribution in [3.8, 4) is 45.0 Å². The van der Waals surface area contributed by atoms with E-state index < -0.39 is 7.12 Å². The molecular weight excluding hydrogens is 551 g/mol. The molecule has 0 radical (unpaired) electrons. The number of aromatic nitrogens is 2. The minimum absolute atomic E-state index is 0.390. The molecule has 0 spiro atoms. The zero-order valence-electron chi connectivity index (χ0n) is 26.3. The molecule has 4 nitrogen and oxygen atoms in total. The predicted molar refractivity (Wildman–Crippen MR) is 186 cm³/mol. The summed E-state index contributed by atoms with van der Waals surface area (Å²) in [6.07, 6.45) is 8.95. The quantitative estimate of drug-likeness (QED) is 0.186. The second-order valence-corrected chi connectivity index (χ2v) is 12.8. The van der Waals surface area contributed by atoms with E-state index in [9.17, 15) is 0 Å². The van der Waals surface area contributed by atoms with Crippen LogP contribution in [0, 0.1) is 0 Å². The number of rotatable bonds is 6. The molecule has 1 aliphatic carbocycles. The fourth-order valence-corrected chi connectivity index (χ4v) is 5.82. The monoisotopic (exact) mass is 588 g/mol. The lowest BCUT2D eigenvalue weighted by Gasteiger charge is -2.32. The summed E-state index contributed by atoms with van der Waals surface area (Å²) >= 11 is 0. The molecule has 222 valence electrons. The van der Waals surface area contributed by atoms with Gasteiger partial charge in [0.25, 0.3) is 0 Å². The van der Waals surface area contributed by atoms with Crippen molar-refractivity contribution in [1.82, 2.24) is 9.97 Å². The first kappa shape index (κ1) is 29.2. The summed E-state index contributed by atoms with van der Waals surface area (Å²) in [6, 6.07) is 38.0. The molecule has 0 amide bonds. The van der Waals surface area contributed by atoms with E-state index in [0.717, 1.165) is 51.9 Å². The molecule has 7 rings (SSSR count). The summed E-state index contributed by atoms with van der Waals surface area (Å²) in [5, 5.41) is 0. The van der Waals surface area contributed by atoms with Gasteiger partial charge in [0, 0.05) is 16.7 Å². The molecule has 1 aliphatic heterocycles. The van der Waals surface area contributed by atoms with Gasteiger partial charge < -0.3 is 9.31 Å². The number of benzene rings is 4. The molecule has 1 fully saturated rings. The molecule has 2 aliphatic rings. The van der Waals surface area contributed by atoms with Crippen LogP contribution < -0.4 is 5.46 Å². The summed E-state index contributed by atoms with van der Waals surface area (Å²) in [7, 11) is -0.410. The molecule has 0 unspecified atom stereocenters. The third kappa shape index (κ3) is 5.94. The molecule has 45 heavy (non-hydrogen) atoms. The number of nitrogens with zero attached hydrogens (tertiary/aromatic N) is 2. The fraction of sp³-hybridized carbons (Fsp3) is 0.200. The molecule has 1 aromatic heterocycles. The third-order valence-corrected chi connectivity index (χ3v) is 9.15. The summed E-state index contributed by atoms with van der Waals surface area (Å²) in [5.74, 6) is 0.696. The normalized spacial score (nSPS) is 16.9. The van der Waals surface area contributed by atoms with Crippen molar-refractivity contribution in [2.75, 3.05) is 0 Å². The van der Waals surface area contributed by atoms with Gasteiger partial charge in [-0.15, -0.1) is 0 Å². The maximum Gasteiger partial charge on any atom is 0.494 e. The first-order chi connectivity index (χ1) is 21.8. The van der Waals surface area contributed by atoms with E-state index in [2.05, 4.69) is 137 Å². The Hall–Kier alpha value is -4.58. The van der Waals surface area contributed by atoms with Crippen LogP contribution in [-0.2, 0) is 9.31 Å². The molecule has 0 N–H and O–H groups in total. The van der Waals surface area contributed by atoms with Crippen molar-refractivity contribution >= 4 is 18.2 Å². The van der Waals surface area contributed by atoms with Crippen LogP contribution in [0.3, 0.4) is 0 Å². The van der Waals surface area contributed by atoms with Crippen LogP contribution in [0.2, 0.25) is 0 Å². The molecule has 0 bridgehead atoms. The van der Waals surface area contributed by atoms with E-state index in [-0.39, 0.29) is 11.2 Å². The Morgan fingerprint density at radius 2 is 1.13 bits per heavy atom. The average molecular weight is 589 g/mol. The zero-order valence-corrected chi connectivity index (χ0v) is 26.3. The molecule has 0 atom stereocenters. The Kier molecular flexibility index (Phi) is 7.60. The van der Waals surface area contributed by atoms with E-state index in [4.69, 9.17) is 19.3 Å². The highest BCUT2D eigenvalue weighted by Gasteiger charge is 2.51. The lowest BCUT2D eigenvalue weighted by molar-refractivity contribution is 0.00578. The Morgan fingerprint density at radius 1 is 0.556 bits per heavy atom. The smallest absolute Gasteiger partial charge is 0.399 e. The van der Waals surface area contributed by atoms with Crippen molar-refractivity contribution in [2.45, 2.75) is 51.7 Å². The largest absolute Gasteiger partial charge is 0.494 e. The van der Waals surface area contributed by atoms with Crippen LogP contribution in [0.15, 0.2) is 127 Å². The van der Waals surface area contributed by atoms with E-state index in [1.807, 2.05) is 18.2 Å². The Bertz CT molecular complexity index is 1880. The van der Waals surface area contributed by atoms with Gasteiger partial charge in [0.2, 0.25) is 0 Å². The molecule has 5 heteroatoms. The Labute approximate surface area is 266 Å². The van der Waals surface area contributed by atoms with E-state index in [1.165, 1.54) is 16.7 Å². The van der Waals surface area contributed by atoms with Crippen LogP contribution in [0.25, 0.3) is 50.6 Å². The van der Waals surface area contributed by atoms with Gasteiger partial charge in [0.1, 0.15) is 0 Å². The summed E-state index contributed by atoms with van der Waals surface area (Å²) in [6.45, 7) is 8.31. The van der Waals surface area contributed by atoms with Crippen LogP contribution in [0.5, 0.6) is 0 Å². The van der Waals surface area contributed by atoms with Gasteiger partial charge >= 0.3 is 7.12 Å². The fourth-order valence-electron chi connectivity index (χ4n) is 5.82. The summed E-state index contributed by atoms with van der Waals surface area (Å²) in [4.78, 5) is 10.2. The molecular formula is C40H37BN2O2. The van der Waals surface area contributed by atoms with E-state index >= 15 is 0 Å². The molecule has 2 heterocycles. The molecule has 5 aromatic rings. The minimum atomic E-state index is -0.410. The van der Waals surface area contributed by atoms with Crippen LogP contribution in [0.4, 0.5) is 0 Å². The zero-order chi connectivity index (χ0) is 31.0. The minimum Gasteiger partial charge on any atom is -0.399 e. The van der Waals surface area contributed by atoms with Crippen molar-refractivity contribution in [1.29, 1.82) is 0 Å². The first-order valence-electron chi connectivity index (χ1n) is 15.7. The number of hydrogen-bond donors (Lipinski definition) is 0. The average Bonchev–Trinajstić information content (AvgIpc) is 3.31. The van der Waals surface area contributed by atoms with E-state index in [1.54, 1.807) is 0 Å². The summed E-state index contributed by atoms with van der Waals surface area (Å²) < 4.78 is 12.6. The SMILES string of the molecule is CC1(C)OB(c2ccc(-c3cc(-c4cc(C5=CCCC=C5)cc(-c5ccccc5)c4)nc(-c4ccccc4)n3)cc2)OC1(C)C. The topological polar surface area (TPSA) is 44.2 Å². The Balaban J connectivity index is 1.33. The van der Waals surface area contributed by atoms with Crippen LogP contribution in [0.1, 0.15) is 46.1 Å². The van der Waals surface area contributed by atoms with Crippen molar-refractivity contribution in [3.05, 3.63) is 133 Å². The van der Waals surface area contributed by atoms with Gasteiger partial charge in [0.05, 0.1) is 22.6 Å². The van der Waals surface area contributed by atoms with Crippen molar-refractivity contribution in [2.24, 2.45) is 0 Å². The first-order valence-corrected chi connectivity index (χ1v) is 15.7. The number of allylic oxidation sites excluding steroid dienone is 4. The highest BCUT2D eigenvalue weighted by Crippen LogP contribution is 2.37. The number of hydrogen-bond acceptors (Lipinski definition) is 4. The molecule has 4 aromatic carbocycles. The second-order valence-electron chi connectivity index (χ2n) is 12.8. The van der Waals surface area contributed by atoms with Gasteiger partial charge in [-0.1, -0.05) is 103 Å². The van der Waals surface area contributed by atoms with Crippen molar-refractivity contribution in [3.63, 3.8) is 0 Å².